The summed E-state index contributed by atoms with van der Waals surface area (Å²) < 4.78 is 26.5. The molecule has 98 valence electrons. The number of rotatable bonds is 3. The van der Waals surface area contributed by atoms with E-state index in [-0.39, 0.29) is 12.1 Å². The average molecular weight is 255 g/mol. The van der Waals surface area contributed by atoms with Gasteiger partial charge in [0.05, 0.1) is 5.92 Å². The molecular weight excluding hydrogens is 240 g/mol. The number of piperidine rings is 1. The van der Waals surface area contributed by atoms with Crippen LogP contribution in [0.1, 0.15) is 18.4 Å². The van der Waals surface area contributed by atoms with Crippen LogP contribution in [0.3, 0.4) is 0 Å². The first-order chi connectivity index (χ1) is 8.58. The van der Waals surface area contributed by atoms with Gasteiger partial charge >= 0.3 is 5.97 Å². The van der Waals surface area contributed by atoms with Crippen molar-refractivity contribution in [3.63, 3.8) is 0 Å². The third kappa shape index (κ3) is 2.85. The summed E-state index contributed by atoms with van der Waals surface area (Å²) in [6.45, 7) is 1.37. The van der Waals surface area contributed by atoms with Crippen LogP contribution < -0.4 is 0 Å². The highest BCUT2D eigenvalue weighted by Gasteiger charge is 2.25. The van der Waals surface area contributed by atoms with E-state index >= 15 is 0 Å². The van der Waals surface area contributed by atoms with Gasteiger partial charge in [-0.3, -0.25) is 9.69 Å². The largest absolute Gasteiger partial charge is 0.481 e. The van der Waals surface area contributed by atoms with Crippen LogP contribution >= 0.6 is 0 Å². The molecule has 1 aromatic carbocycles. The molecule has 0 aromatic heterocycles. The number of halogens is 2. The fourth-order valence-corrected chi connectivity index (χ4v) is 2.31. The van der Waals surface area contributed by atoms with E-state index in [4.69, 9.17) is 5.11 Å². The number of nitrogens with zero attached hydrogens (tertiary/aromatic N) is 1. The molecule has 1 atom stereocenters. The maximum atomic E-state index is 13.5. The SMILES string of the molecule is O=C(O)[C@H]1CCCN(Cc2cccc(F)c2F)C1. The molecule has 0 amide bonds. The van der Waals surface area contributed by atoms with Crippen LogP contribution in [-0.4, -0.2) is 29.1 Å². The van der Waals surface area contributed by atoms with Gasteiger partial charge in [-0.2, -0.15) is 0 Å². The Hall–Kier alpha value is -1.49. The van der Waals surface area contributed by atoms with Gasteiger partial charge in [-0.25, -0.2) is 8.78 Å². The number of carboxylic acids is 1. The minimum atomic E-state index is -0.862. The second-order valence-electron chi connectivity index (χ2n) is 4.63. The van der Waals surface area contributed by atoms with Gasteiger partial charge in [0.2, 0.25) is 0 Å². The van der Waals surface area contributed by atoms with E-state index in [0.29, 0.717) is 13.0 Å². The van der Waals surface area contributed by atoms with Crippen molar-refractivity contribution in [2.24, 2.45) is 5.92 Å². The van der Waals surface area contributed by atoms with Crippen molar-refractivity contribution in [1.29, 1.82) is 0 Å². The summed E-state index contributed by atoms with van der Waals surface area (Å²) in [5, 5.41) is 8.96. The van der Waals surface area contributed by atoms with Crippen LogP contribution in [0.25, 0.3) is 0 Å². The van der Waals surface area contributed by atoms with Gasteiger partial charge in [-0.05, 0) is 25.5 Å². The van der Waals surface area contributed by atoms with Gasteiger partial charge in [0, 0.05) is 18.7 Å². The molecule has 2 rings (SSSR count). The number of aliphatic carboxylic acids is 1. The van der Waals surface area contributed by atoms with Crippen molar-refractivity contribution in [2.75, 3.05) is 13.1 Å². The molecule has 0 saturated carbocycles. The highest BCUT2D eigenvalue weighted by Crippen LogP contribution is 2.20. The normalized spacial score (nSPS) is 20.9. The molecule has 1 N–H and O–H groups in total. The molecule has 0 aliphatic carbocycles. The molecule has 0 spiro atoms. The zero-order valence-electron chi connectivity index (χ0n) is 9.90. The van der Waals surface area contributed by atoms with E-state index < -0.39 is 23.5 Å². The zero-order chi connectivity index (χ0) is 13.1. The van der Waals surface area contributed by atoms with Gasteiger partial charge in [-0.15, -0.1) is 0 Å². The first kappa shape index (κ1) is 13.0. The van der Waals surface area contributed by atoms with Crippen LogP contribution in [-0.2, 0) is 11.3 Å². The number of carbonyl (C=O) groups is 1. The van der Waals surface area contributed by atoms with Gasteiger partial charge < -0.3 is 5.11 Å². The Balaban J connectivity index is 2.05. The van der Waals surface area contributed by atoms with Gasteiger partial charge in [0.25, 0.3) is 0 Å². The second-order valence-corrected chi connectivity index (χ2v) is 4.63. The van der Waals surface area contributed by atoms with Gasteiger partial charge in [-0.1, -0.05) is 12.1 Å². The van der Waals surface area contributed by atoms with Crippen LogP contribution in [0.2, 0.25) is 0 Å². The topological polar surface area (TPSA) is 40.5 Å². The van der Waals surface area contributed by atoms with Crippen molar-refractivity contribution in [3.8, 4) is 0 Å². The summed E-state index contributed by atoms with van der Waals surface area (Å²) in [6, 6.07) is 4.07. The lowest BCUT2D eigenvalue weighted by Gasteiger charge is -2.30. The minimum absolute atomic E-state index is 0.257. The van der Waals surface area contributed by atoms with Crippen LogP contribution in [0.15, 0.2) is 18.2 Å². The molecule has 1 saturated heterocycles. The fraction of sp³-hybridized carbons (Fsp3) is 0.462. The number of likely N-dealkylation sites (tertiary alicyclic amines) is 1. The first-order valence-electron chi connectivity index (χ1n) is 5.96. The average Bonchev–Trinajstić information content (AvgIpc) is 2.35. The highest BCUT2D eigenvalue weighted by atomic mass is 19.2. The van der Waals surface area contributed by atoms with E-state index in [1.807, 2.05) is 4.90 Å². The number of carboxylic acid groups (broad SMARTS) is 1. The zero-order valence-corrected chi connectivity index (χ0v) is 9.90. The Morgan fingerprint density at radius 2 is 2.22 bits per heavy atom. The predicted octanol–water partition coefficient (Wildman–Crippen LogP) is 2.26. The number of hydrogen-bond donors (Lipinski definition) is 1. The molecule has 18 heavy (non-hydrogen) atoms. The van der Waals surface area contributed by atoms with Gasteiger partial charge in [0.1, 0.15) is 0 Å². The Kier molecular flexibility index (Phi) is 3.91. The van der Waals surface area contributed by atoms with E-state index in [1.54, 1.807) is 0 Å². The molecule has 0 unspecified atom stereocenters. The van der Waals surface area contributed by atoms with Crippen LogP contribution in [0.5, 0.6) is 0 Å². The molecule has 1 heterocycles. The van der Waals surface area contributed by atoms with Crippen LogP contribution in [0, 0.1) is 17.6 Å². The van der Waals surface area contributed by atoms with Crippen molar-refractivity contribution in [2.45, 2.75) is 19.4 Å². The maximum absolute atomic E-state index is 13.5. The molecule has 1 aliphatic heterocycles. The second kappa shape index (κ2) is 5.44. The third-order valence-electron chi connectivity index (χ3n) is 3.28. The monoisotopic (exact) mass is 255 g/mol. The lowest BCUT2D eigenvalue weighted by molar-refractivity contribution is -0.143. The highest BCUT2D eigenvalue weighted by molar-refractivity contribution is 5.70. The standard InChI is InChI=1S/C13H15F2NO2/c14-11-5-1-3-9(12(11)15)7-16-6-2-4-10(8-16)13(17)18/h1,3,5,10H,2,4,6-8H2,(H,17,18)/t10-/m0/s1. The molecule has 1 aromatic rings. The molecule has 5 heteroatoms. The quantitative estimate of drug-likeness (QED) is 0.900. The number of hydrogen-bond acceptors (Lipinski definition) is 2. The molecular formula is C13H15F2NO2. The predicted molar refractivity (Wildman–Crippen MR) is 62.0 cm³/mol. The lowest BCUT2D eigenvalue weighted by Crippen LogP contribution is -2.38. The Bertz CT molecular complexity index is 451. The summed E-state index contributed by atoms with van der Waals surface area (Å²) in [6.07, 6.45) is 1.42. The molecule has 0 bridgehead atoms. The lowest BCUT2D eigenvalue weighted by atomic mass is 9.98. The fourth-order valence-electron chi connectivity index (χ4n) is 2.31. The van der Waals surface area contributed by atoms with Crippen LogP contribution in [0.4, 0.5) is 8.78 Å². The first-order valence-corrected chi connectivity index (χ1v) is 5.96. The summed E-state index contributed by atoms with van der Waals surface area (Å²) >= 11 is 0. The maximum Gasteiger partial charge on any atom is 0.307 e. The van der Waals surface area contributed by atoms with Crippen molar-refractivity contribution in [1.82, 2.24) is 4.90 Å². The Morgan fingerprint density at radius 1 is 1.44 bits per heavy atom. The molecule has 1 fully saturated rings. The summed E-state index contributed by atoms with van der Waals surface area (Å²) in [7, 11) is 0. The van der Waals surface area contributed by atoms with Gasteiger partial charge in [0.15, 0.2) is 11.6 Å². The summed E-state index contributed by atoms with van der Waals surface area (Å²) in [4.78, 5) is 12.8. The van der Waals surface area contributed by atoms with E-state index in [0.717, 1.165) is 19.0 Å². The van der Waals surface area contributed by atoms with Crippen molar-refractivity contribution < 1.29 is 18.7 Å². The molecule has 3 nitrogen and oxygen atoms in total. The molecule has 0 radical (unpaired) electrons. The summed E-state index contributed by atoms with van der Waals surface area (Å²) in [5.41, 5.74) is 0.279. The number of benzene rings is 1. The Morgan fingerprint density at radius 3 is 2.94 bits per heavy atom. The third-order valence-corrected chi connectivity index (χ3v) is 3.28. The minimum Gasteiger partial charge on any atom is -0.481 e. The molecule has 1 aliphatic rings. The van der Waals surface area contributed by atoms with E-state index in [2.05, 4.69) is 0 Å². The summed E-state index contributed by atoms with van der Waals surface area (Å²) in [5.74, 6) is -2.93. The van der Waals surface area contributed by atoms with Crippen molar-refractivity contribution >= 4 is 5.97 Å². The van der Waals surface area contributed by atoms with Crippen molar-refractivity contribution in [3.05, 3.63) is 35.4 Å². The Labute approximate surface area is 104 Å². The van der Waals surface area contributed by atoms with E-state index in [9.17, 15) is 13.6 Å². The smallest absolute Gasteiger partial charge is 0.307 e. The van der Waals surface area contributed by atoms with E-state index in [1.165, 1.54) is 12.1 Å².